The lowest BCUT2D eigenvalue weighted by Gasteiger charge is -2.11. The number of nitrogens with zero attached hydrogens (tertiary/aromatic N) is 1. The van der Waals surface area contributed by atoms with E-state index in [0.717, 1.165) is 12.1 Å². The van der Waals surface area contributed by atoms with Crippen molar-refractivity contribution in [2.45, 2.75) is 13.1 Å². The highest BCUT2D eigenvalue weighted by atomic mass is 35.5. The number of halogens is 4. The number of rotatable bonds is 5. The van der Waals surface area contributed by atoms with Crippen molar-refractivity contribution < 1.29 is 36.7 Å². The van der Waals surface area contributed by atoms with Crippen molar-refractivity contribution in [3.8, 4) is 5.75 Å². The summed E-state index contributed by atoms with van der Waals surface area (Å²) in [6.07, 6.45) is -3.32. The van der Waals surface area contributed by atoms with Gasteiger partial charge in [-0.25, -0.2) is 10.2 Å². The summed E-state index contributed by atoms with van der Waals surface area (Å²) in [5.74, 6) is -2.90. The summed E-state index contributed by atoms with van der Waals surface area (Å²) in [6, 6.07) is 11.4. The Hall–Kier alpha value is -4.12. The molecule has 34 heavy (non-hydrogen) atoms. The van der Waals surface area contributed by atoms with Crippen LogP contribution in [0.4, 0.5) is 18.9 Å². The smallest absolute Gasteiger partial charge is 0.416 e. The number of ether oxygens (including phenoxy) is 1. The van der Waals surface area contributed by atoms with Gasteiger partial charge in [0.15, 0.2) is 0 Å². The number of nitrogens with one attached hydrogen (secondary N) is 2. The highest BCUT2D eigenvalue weighted by molar-refractivity contribution is 6.41. The molecule has 8 nitrogen and oxygen atoms in total. The van der Waals surface area contributed by atoms with Crippen LogP contribution in [0.1, 0.15) is 28.6 Å². The van der Waals surface area contributed by atoms with Crippen molar-refractivity contribution in [3.05, 3.63) is 82.8 Å². The third-order valence-corrected chi connectivity index (χ3v) is 4.61. The number of hydrogen-bond acceptors (Lipinski definition) is 6. The highest BCUT2D eigenvalue weighted by Gasteiger charge is 2.31. The molecule has 2 aromatic carbocycles. The van der Waals surface area contributed by atoms with Gasteiger partial charge in [0.2, 0.25) is 5.76 Å². The summed E-state index contributed by atoms with van der Waals surface area (Å²) in [7, 11) is 0. The SMILES string of the molecule is C/C(=N\NC(=O)C(=O)Nc1cc(C(F)(F)F)ccc1Cl)c1ccc(OC(=O)c2ccco2)cc1. The molecular formula is C22H15ClF3N3O5. The molecule has 0 unspecified atom stereocenters. The molecule has 1 heterocycles. The fourth-order valence-electron chi connectivity index (χ4n) is 2.54. The van der Waals surface area contributed by atoms with Crippen molar-refractivity contribution in [1.82, 2.24) is 5.43 Å². The fraction of sp³-hybridized carbons (Fsp3) is 0.0909. The van der Waals surface area contributed by atoms with Gasteiger partial charge >= 0.3 is 24.0 Å². The Balaban J connectivity index is 1.60. The predicted molar refractivity (Wildman–Crippen MR) is 116 cm³/mol. The summed E-state index contributed by atoms with van der Waals surface area (Å²) < 4.78 is 48.6. The fourth-order valence-corrected chi connectivity index (χ4v) is 2.71. The minimum Gasteiger partial charge on any atom is -0.457 e. The van der Waals surface area contributed by atoms with E-state index >= 15 is 0 Å². The Morgan fingerprint density at radius 3 is 2.35 bits per heavy atom. The number of furan rings is 1. The molecule has 0 saturated carbocycles. The number of anilines is 1. The highest BCUT2D eigenvalue weighted by Crippen LogP contribution is 2.33. The van der Waals surface area contributed by atoms with Gasteiger partial charge in [0.05, 0.1) is 28.2 Å². The minimum absolute atomic E-state index is 0.0363. The maximum Gasteiger partial charge on any atom is 0.416 e. The average Bonchev–Trinajstić information content (AvgIpc) is 3.33. The van der Waals surface area contributed by atoms with Gasteiger partial charge in [0.1, 0.15) is 5.75 Å². The molecule has 0 aliphatic carbocycles. The van der Waals surface area contributed by atoms with Crippen molar-refractivity contribution in [3.63, 3.8) is 0 Å². The summed E-state index contributed by atoms with van der Waals surface area (Å²) in [4.78, 5) is 35.9. The molecule has 0 fully saturated rings. The maximum absolute atomic E-state index is 12.8. The lowest BCUT2D eigenvalue weighted by Crippen LogP contribution is -2.33. The molecule has 3 aromatic rings. The van der Waals surface area contributed by atoms with Crippen LogP contribution in [0, 0.1) is 0 Å². The van der Waals surface area contributed by atoms with Gasteiger partial charge in [0, 0.05) is 0 Å². The van der Waals surface area contributed by atoms with Crippen LogP contribution in [0.2, 0.25) is 5.02 Å². The van der Waals surface area contributed by atoms with Crippen molar-refractivity contribution in [1.29, 1.82) is 0 Å². The van der Waals surface area contributed by atoms with Crippen LogP contribution in [-0.2, 0) is 15.8 Å². The minimum atomic E-state index is -4.65. The lowest BCUT2D eigenvalue weighted by atomic mass is 10.1. The molecule has 0 aliphatic rings. The topological polar surface area (TPSA) is 110 Å². The maximum atomic E-state index is 12.8. The van der Waals surface area contributed by atoms with E-state index in [0.29, 0.717) is 17.3 Å². The molecule has 0 aliphatic heterocycles. The Morgan fingerprint density at radius 1 is 1.03 bits per heavy atom. The van der Waals surface area contributed by atoms with Gasteiger partial charge in [-0.1, -0.05) is 11.6 Å². The number of amides is 2. The lowest BCUT2D eigenvalue weighted by molar-refractivity contribution is -0.137. The molecule has 0 saturated heterocycles. The first-order valence-electron chi connectivity index (χ1n) is 9.43. The van der Waals surface area contributed by atoms with Gasteiger partial charge in [-0.05, 0) is 67.1 Å². The Labute approximate surface area is 195 Å². The zero-order valence-electron chi connectivity index (χ0n) is 17.3. The Bertz CT molecular complexity index is 1240. The second kappa shape index (κ2) is 10.2. The monoisotopic (exact) mass is 493 g/mol. The van der Waals surface area contributed by atoms with E-state index in [9.17, 15) is 27.6 Å². The molecule has 176 valence electrons. The van der Waals surface area contributed by atoms with E-state index < -0.39 is 29.5 Å². The standard InChI is InChI=1S/C22H15ClF3N3O5/c1-12(13-4-7-15(8-5-13)34-21(32)18-3-2-10-33-18)28-29-20(31)19(30)27-17-11-14(22(24,25)26)6-9-16(17)23/h2-11H,1H3,(H,27,30)(H,29,31)/b28-12+. The summed E-state index contributed by atoms with van der Waals surface area (Å²) >= 11 is 5.80. The zero-order chi connectivity index (χ0) is 24.9. The largest absolute Gasteiger partial charge is 0.457 e. The molecule has 2 N–H and O–H groups in total. The second-order valence-corrected chi connectivity index (χ2v) is 7.08. The number of carbonyl (C=O) groups is 3. The summed E-state index contributed by atoms with van der Waals surface area (Å²) in [5, 5.41) is 5.62. The van der Waals surface area contributed by atoms with Crippen molar-refractivity contribution in [2.75, 3.05) is 5.32 Å². The van der Waals surface area contributed by atoms with E-state index in [-0.39, 0.29) is 22.2 Å². The number of carbonyl (C=O) groups excluding carboxylic acids is 3. The average molecular weight is 494 g/mol. The molecule has 0 bridgehead atoms. The van der Waals surface area contributed by atoms with Gasteiger partial charge in [0.25, 0.3) is 0 Å². The zero-order valence-corrected chi connectivity index (χ0v) is 18.0. The van der Waals surface area contributed by atoms with Crippen molar-refractivity contribution >= 4 is 40.8 Å². The number of esters is 1. The molecule has 0 radical (unpaired) electrons. The predicted octanol–water partition coefficient (Wildman–Crippen LogP) is 4.65. The first-order valence-corrected chi connectivity index (χ1v) is 9.81. The van der Waals surface area contributed by atoms with E-state index in [1.54, 1.807) is 18.2 Å². The second-order valence-electron chi connectivity index (χ2n) is 6.68. The van der Waals surface area contributed by atoms with Crippen LogP contribution in [-0.4, -0.2) is 23.5 Å². The van der Waals surface area contributed by atoms with Crippen LogP contribution in [0.25, 0.3) is 0 Å². The third-order valence-electron chi connectivity index (χ3n) is 4.28. The third kappa shape index (κ3) is 6.23. The van der Waals surface area contributed by atoms with E-state index in [1.807, 2.05) is 10.7 Å². The Morgan fingerprint density at radius 2 is 1.74 bits per heavy atom. The van der Waals surface area contributed by atoms with Crippen LogP contribution >= 0.6 is 11.6 Å². The molecule has 12 heteroatoms. The van der Waals surface area contributed by atoms with Crippen LogP contribution in [0.5, 0.6) is 5.75 Å². The summed E-state index contributed by atoms with van der Waals surface area (Å²) in [6.45, 7) is 1.53. The molecule has 0 atom stereocenters. The first-order chi connectivity index (χ1) is 16.0. The molecular weight excluding hydrogens is 479 g/mol. The number of hydrazone groups is 1. The number of hydrogen-bond donors (Lipinski definition) is 2. The Kier molecular flexibility index (Phi) is 7.37. The molecule has 3 rings (SSSR count). The molecule has 2 amide bonds. The van der Waals surface area contributed by atoms with E-state index in [1.165, 1.54) is 31.4 Å². The molecule has 0 spiro atoms. The normalized spacial score (nSPS) is 11.6. The number of benzene rings is 2. The van der Waals surface area contributed by atoms with Gasteiger partial charge in [-0.2, -0.15) is 18.3 Å². The van der Waals surface area contributed by atoms with Crippen LogP contribution in [0.3, 0.4) is 0 Å². The van der Waals surface area contributed by atoms with Crippen LogP contribution < -0.4 is 15.5 Å². The number of alkyl halides is 3. The first kappa shape index (κ1) is 24.5. The molecule has 1 aromatic heterocycles. The quantitative estimate of drug-likeness (QED) is 0.177. The van der Waals surface area contributed by atoms with Gasteiger partial charge in [-0.15, -0.1) is 0 Å². The van der Waals surface area contributed by atoms with Crippen LogP contribution in [0.15, 0.2) is 70.4 Å². The van der Waals surface area contributed by atoms with Gasteiger partial charge < -0.3 is 14.5 Å². The van der Waals surface area contributed by atoms with E-state index in [4.69, 9.17) is 20.8 Å². The summed E-state index contributed by atoms with van der Waals surface area (Å²) in [5.41, 5.74) is 1.41. The van der Waals surface area contributed by atoms with Gasteiger partial charge in [-0.3, -0.25) is 9.59 Å². The van der Waals surface area contributed by atoms with E-state index in [2.05, 4.69) is 5.10 Å². The van der Waals surface area contributed by atoms with Crippen molar-refractivity contribution in [2.24, 2.45) is 5.10 Å².